The van der Waals surface area contributed by atoms with Crippen LogP contribution in [0.3, 0.4) is 0 Å². The van der Waals surface area contributed by atoms with Gasteiger partial charge < -0.3 is 10.6 Å². The molecule has 0 bridgehead atoms. The molecule has 0 unspecified atom stereocenters. The summed E-state index contributed by atoms with van der Waals surface area (Å²) in [5.41, 5.74) is 4.02. The highest BCUT2D eigenvalue weighted by Crippen LogP contribution is 2.31. The smallest absolute Gasteiger partial charge is 0.319 e. The second-order valence-electron chi connectivity index (χ2n) is 7.13. The Morgan fingerprint density at radius 1 is 1.08 bits per heavy atom. The van der Waals surface area contributed by atoms with E-state index in [9.17, 15) is 4.79 Å². The van der Waals surface area contributed by atoms with Gasteiger partial charge in [0.25, 0.3) is 0 Å². The minimum absolute atomic E-state index is 0.0469. The van der Waals surface area contributed by atoms with Crippen LogP contribution in [-0.4, -0.2) is 12.6 Å². The van der Waals surface area contributed by atoms with Gasteiger partial charge in [-0.25, -0.2) is 4.79 Å². The molecule has 0 spiro atoms. The number of hydrogen-bond acceptors (Lipinski definition) is 1. The number of halogens is 2. The molecule has 3 nitrogen and oxygen atoms in total. The van der Waals surface area contributed by atoms with Gasteiger partial charge in [0.05, 0.1) is 10.0 Å². The summed E-state index contributed by atoms with van der Waals surface area (Å²) in [6, 6.07) is 11.4. The number of anilines is 1. The van der Waals surface area contributed by atoms with Crippen LogP contribution in [0.4, 0.5) is 10.5 Å². The monoisotopic (exact) mass is 378 g/mol. The SMILES string of the molecule is Cc1cccc(C(C)(C)C)c1NC(=O)NCCc1ccc(Cl)c(Cl)c1. The van der Waals surface area contributed by atoms with E-state index in [4.69, 9.17) is 23.2 Å². The maximum absolute atomic E-state index is 12.3. The van der Waals surface area contributed by atoms with E-state index in [-0.39, 0.29) is 11.4 Å². The number of aryl methyl sites for hydroxylation is 1. The quantitative estimate of drug-likeness (QED) is 0.676. The first-order chi connectivity index (χ1) is 11.7. The average molecular weight is 379 g/mol. The normalized spacial score (nSPS) is 11.3. The molecule has 2 amide bonds. The molecule has 2 rings (SSSR count). The molecule has 0 aliphatic carbocycles. The van der Waals surface area contributed by atoms with Crippen LogP contribution in [0.25, 0.3) is 0 Å². The Labute approximate surface area is 159 Å². The number of nitrogens with one attached hydrogen (secondary N) is 2. The van der Waals surface area contributed by atoms with Crippen LogP contribution in [0.5, 0.6) is 0 Å². The second kappa shape index (κ2) is 8.11. The second-order valence-corrected chi connectivity index (χ2v) is 7.94. The zero-order chi connectivity index (χ0) is 18.6. The van der Waals surface area contributed by atoms with Crippen molar-refractivity contribution in [1.82, 2.24) is 5.32 Å². The Bertz CT molecular complexity index is 767. The lowest BCUT2D eigenvalue weighted by Crippen LogP contribution is -2.31. The number of para-hydroxylation sites is 1. The van der Waals surface area contributed by atoms with Gasteiger partial charge in [-0.2, -0.15) is 0 Å². The number of carbonyl (C=O) groups is 1. The van der Waals surface area contributed by atoms with E-state index in [1.807, 2.05) is 31.2 Å². The maximum atomic E-state index is 12.3. The molecule has 0 saturated heterocycles. The molecule has 0 saturated carbocycles. The topological polar surface area (TPSA) is 41.1 Å². The fourth-order valence-electron chi connectivity index (χ4n) is 2.63. The standard InChI is InChI=1S/C20H24Cl2N2O/c1-13-6-5-7-15(20(2,3)4)18(13)24-19(25)23-11-10-14-8-9-16(21)17(22)12-14/h5-9,12H,10-11H2,1-4H3,(H2,23,24,25). The highest BCUT2D eigenvalue weighted by Gasteiger charge is 2.20. The van der Waals surface area contributed by atoms with Gasteiger partial charge in [0.2, 0.25) is 0 Å². The lowest BCUT2D eigenvalue weighted by molar-refractivity contribution is 0.252. The highest BCUT2D eigenvalue weighted by molar-refractivity contribution is 6.42. The summed E-state index contributed by atoms with van der Waals surface area (Å²) in [6.07, 6.45) is 0.685. The molecule has 2 aromatic rings. The molecule has 0 radical (unpaired) electrons. The van der Waals surface area contributed by atoms with Gasteiger partial charge in [0.15, 0.2) is 0 Å². The summed E-state index contributed by atoms with van der Waals surface area (Å²) in [6.45, 7) is 8.92. The Balaban J connectivity index is 1.98. The molecule has 0 aromatic heterocycles. The number of benzene rings is 2. The van der Waals surface area contributed by atoms with Crippen molar-refractivity contribution in [2.24, 2.45) is 0 Å². The van der Waals surface area contributed by atoms with Crippen molar-refractivity contribution in [3.63, 3.8) is 0 Å². The first kappa shape index (κ1) is 19.6. The lowest BCUT2D eigenvalue weighted by atomic mass is 9.84. The summed E-state index contributed by atoms with van der Waals surface area (Å²) >= 11 is 11.9. The number of urea groups is 1. The molecule has 2 N–H and O–H groups in total. The van der Waals surface area contributed by atoms with Crippen LogP contribution < -0.4 is 10.6 Å². The fraction of sp³-hybridized carbons (Fsp3) is 0.350. The van der Waals surface area contributed by atoms with Crippen LogP contribution in [0.1, 0.15) is 37.5 Å². The molecular formula is C20H24Cl2N2O. The lowest BCUT2D eigenvalue weighted by Gasteiger charge is -2.24. The molecular weight excluding hydrogens is 355 g/mol. The van der Waals surface area contributed by atoms with E-state index in [2.05, 4.69) is 37.5 Å². The number of hydrogen-bond donors (Lipinski definition) is 2. The van der Waals surface area contributed by atoms with Gasteiger partial charge in [0, 0.05) is 12.2 Å². The molecule has 0 heterocycles. The van der Waals surface area contributed by atoms with Gasteiger partial charge in [0.1, 0.15) is 0 Å². The van der Waals surface area contributed by atoms with Crippen molar-refractivity contribution in [1.29, 1.82) is 0 Å². The molecule has 0 aliphatic heterocycles. The minimum Gasteiger partial charge on any atom is -0.338 e. The molecule has 25 heavy (non-hydrogen) atoms. The Morgan fingerprint density at radius 3 is 2.44 bits per heavy atom. The highest BCUT2D eigenvalue weighted by atomic mass is 35.5. The van der Waals surface area contributed by atoms with Crippen molar-refractivity contribution in [2.45, 2.75) is 39.5 Å². The zero-order valence-corrected chi connectivity index (χ0v) is 16.6. The summed E-state index contributed by atoms with van der Waals surface area (Å²) in [5, 5.41) is 6.95. The molecule has 5 heteroatoms. The van der Waals surface area contributed by atoms with Gasteiger partial charge >= 0.3 is 6.03 Å². The third-order valence-electron chi connectivity index (χ3n) is 4.00. The third kappa shape index (κ3) is 5.38. The average Bonchev–Trinajstić information content (AvgIpc) is 2.51. The minimum atomic E-state index is -0.208. The van der Waals surface area contributed by atoms with Crippen molar-refractivity contribution in [3.8, 4) is 0 Å². The van der Waals surface area contributed by atoms with Gasteiger partial charge in [-0.05, 0) is 47.6 Å². The van der Waals surface area contributed by atoms with Crippen LogP contribution in [-0.2, 0) is 11.8 Å². The van der Waals surface area contributed by atoms with Crippen molar-refractivity contribution in [2.75, 3.05) is 11.9 Å². The summed E-state index contributed by atoms with van der Waals surface area (Å²) < 4.78 is 0. The predicted octanol–water partition coefficient (Wildman–Crippen LogP) is 5.96. The van der Waals surface area contributed by atoms with E-state index in [0.29, 0.717) is 23.0 Å². The predicted molar refractivity (Wildman–Crippen MR) is 107 cm³/mol. The zero-order valence-electron chi connectivity index (χ0n) is 15.0. The Hall–Kier alpha value is -1.71. The number of carbonyl (C=O) groups excluding carboxylic acids is 1. The largest absolute Gasteiger partial charge is 0.338 e. The van der Waals surface area contributed by atoms with Gasteiger partial charge in [-0.1, -0.05) is 68.2 Å². The van der Waals surface area contributed by atoms with Gasteiger partial charge in [-0.15, -0.1) is 0 Å². The molecule has 2 aromatic carbocycles. The number of rotatable bonds is 4. The van der Waals surface area contributed by atoms with Crippen LogP contribution in [0.15, 0.2) is 36.4 Å². The summed E-state index contributed by atoms with van der Waals surface area (Å²) in [5.74, 6) is 0. The molecule has 0 atom stereocenters. The summed E-state index contributed by atoms with van der Waals surface area (Å²) in [4.78, 5) is 12.3. The third-order valence-corrected chi connectivity index (χ3v) is 4.74. The van der Waals surface area contributed by atoms with E-state index < -0.39 is 0 Å². The molecule has 0 aliphatic rings. The maximum Gasteiger partial charge on any atom is 0.319 e. The van der Waals surface area contributed by atoms with Crippen molar-refractivity contribution in [3.05, 3.63) is 63.1 Å². The summed E-state index contributed by atoms with van der Waals surface area (Å²) in [7, 11) is 0. The van der Waals surface area contributed by atoms with Crippen LogP contribution >= 0.6 is 23.2 Å². The Morgan fingerprint density at radius 2 is 1.80 bits per heavy atom. The van der Waals surface area contributed by atoms with Crippen molar-refractivity contribution >= 4 is 34.9 Å². The molecule has 0 fully saturated rings. The van der Waals surface area contributed by atoms with Crippen molar-refractivity contribution < 1.29 is 4.79 Å². The first-order valence-electron chi connectivity index (χ1n) is 8.27. The fourth-order valence-corrected chi connectivity index (χ4v) is 2.95. The Kier molecular flexibility index (Phi) is 6.36. The van der Waals surface area contributed by atoms with E-state index >= 15 is 0 Å². The van der Waals surface area contributed by atoms with Crippen LogP contribution in [0, 0.1) is 6.92 Å². The number of amides is 2. The first-order valence-corrected chi connectivity index (χ1v) is 9.03. The van der Waals surface area contributed by atoms with E-state index in [1.165, 1.54) is 0 Å². The van der Waals surface area contributed by atoms with Gasteiger partial charge in [-0.3, -0.25) is 0 Å². The van der Waals surface area contributed by atoms with Crippen LogP contribution in [0.2, 0.25) is 10.0 Å². The van der Waals surface area contributed by atoms with E-state index in [0.717, 1.165) is 22.4 Å². The molecule has 134 valence electrons. The van der Waals surface area contributed by atoms with E-state index in [1.54, 1.807) is 6.07 Å².